The topological polar surface area (TPSA) is 55.1 Å². The first-order valence-corrected chi connectivity index (χ1v) is 6.69. The molecule has 0 spiro atoms. The summed E-state index contributed by atoms with van der Waals surface area (Å²) in [5, 5.41) is 3.15. The fourth-order valence-electron chi connectivity index (χ4n) is 2.69. The minimum Gasteiger partial charge on any atom is -0.398 e. The van der Waals surface area contributed by atoms with Crippen LogP contribution in [0.1, 0.15) is 54.9 Å². The summed E-state index contributed by atoms with van der Waals surface area (Å²) in [7, 11) is 0. The molecule has 0 saturated heterocycles. The molecule has 18 heavy (non-hydrogen) atoms. The third kappa shape index (κ3) is 2.84. The van der Waals surface area contributed by atoms with Crippen molar-refractivity contribution < 1.29 is 4.79 Å². The number of hydrogen-bond donors (Lipinski definition) is 2. The first-order valence-electron chi connectivity index (χ1n) is 6.69. The van der Waals surface area contributed by atoms with E-state index < -0.39 is 0 Å². The lowest BCUT2D eigenvalue weighted by Crippen LogP contribution is -2.47. The Balaban J connectivity index is 2.11. The second kappa shape index (κ2) is 5.01. The molecule has 1 aliphatic carbocycles. The largest absolute Gasteiger partial charge is 0.398 e. The van der Waals surface area contributed by atoms with Crippen molar-refractivity contribution in [1.29, 1.82) is 0 Å². The SMILES string of the molecule is Cc1ccc(C(=O)NC2(C)CCCCC2)c(N)c1. The Morgan fingerprint density at radius 1 is 1.28 bits per heavy atom. The lowest BCUT2D eigenvalue weighted by molar-refractivity contribution is 0.0883. The fraction of sp³-hybridized carbons (Fsp3) is 0.533. The molecule has 3 N–H and O–H groups in total. The first-order chi connectivity index (χ1) is 8.50. The Bertz CT molecular complexity index is 448. The predicted molar refractivity (Wildman–Crippen MR) is 74.5 cm³/mol. The molecule has 0 aliphatic heterocycles. The van der Waals surface area contributed by atoms with Crippen LogP contribution in [0.15, 0.2) is 18.2 Å². The summed E-state index contributed by atoms with van der Waals surface area (Å²) in [6.07, 6.45) is 5.79. The van der Waals surface area contributed by atoms with Crippen molar-refractivity contribution in [3.63, 3.8) is 0 Å². The molecule has 98 valence electrons. The Labute approximate surface area is 109 Å². The molecule has 1 fully saturated rings. The van der Waals surface area contributed by atoms with Crippen LogP contribution in [-0.4, -0.2) is 11.4 Å². The van der Waals surface area contributed by atoms with Crippen molar-refractivity contribution in [2.24, 2.45) is 0 Å². The van der Waals surface area contributed by atoms with Gasteiger partial charge in [-0.05, 0) is 44.4 Å². The molecule has 1 amide bonds. The molecule has 1 aromatic rings. The smallest absolute Gasteiger partial charge is 0.253 e. The highest BCUT2D eigenvalue weighted by Crippen LogP contribution is 2.28. The average molecular weight is 246 g/mol. The standard InChI is InChI=1S/C15H22N2O/c1-11-6-7-12(13(16)10-11)14(18)17-15(2)8-4-3-5-9-15/h6-7,10H,3-5,8-9,16H2,1-2H3,(H,17,18). The van der Waals surface area contributed by atoms with Gasteiger partial charge in [0.05, 0.1) is 5.56 Å². The van der Waals surface area contributed by atoms with Gasteiger partial charge in [0.2, 0.25) is 0 Å². The maximum Gasteiger partial charge on any atom is 0.253 e. The lowest BCUT2D eigenvalue weighted by Gasteiger charge is -2.34. The van der Waals surface area contributed by atoms with E-state index >= 15 is 0 Å². The molecule has 0 unspecified atom stereocenters. The van der Waals surface area contributed by atoms with Crippen molar-refractivity contribution in [3.8, 4) is 0 Å². The highest BCUT2D eigenvalue weighted by atomic mass is 16.1. The van der Waals surface area contributed by atoms with Gasteiger partial charge < -0.3 is 11.1 Å². The van der Waals surface area contributed by atoms with E-state index in [9.17, 15) is 4.79 Å². The van der Waals surface area contributed by atoms with Crippen LogP contribution in [0.4, 0.5) is 5.69 Å². The summed E-state index contributed by atoms with van der Waals surface area (Å²) < 4.78 is 0. The zero-order valence-corrected chi connectivity index (χ0v) is 11.3. The minimum absolute atomic E-state index is 0.0445. The van der Waals surface area contributed by atoms with Gasteiger partial charge in [-0.1, -0.05) is 25.3 Å². The number of nitrogens with two attached hydrogens (primary N) is 1. The van der Waals surface area contributed by atoms with E-state index in [1.807, 2.05) is 25.1 Å². The van der Waals surface area contributed by atoms with Crippen LogP contribution < -0.4 is 11.1 Å². The fourth-order valence-corrected chi connectivity index (χ4v) is 2.69. The van der Waals surface area contributed by atoms with Crippen LogP contribution >= 0.6 is 0 Å². The summed E-state index contributed by atoms with van der Waals surface area (Å²) in [5.41, 5.74) is 8.08. The quantitative estimate of drug-likeness (QED) is 0.788. The zero-order chi connectivity index (χ0) is 13.2. The van der Waals surface area contributed by atoms with Crippen LogP contribution in [0.2, 0.25) is 0 Å². The number of hydrogen-bond acceptors (Lipinski definition) is 2. The Hall–Kier alpha value is -1.51. The van der Waals surface area contributed by atoms with Crippen LogP contribution in [0.5, 0.6) is 0 Å². The van der Waals surface area contributed by atoms with Crippen molar-refractivity contribution in [2.75, 3.05) is 5.73 Å². The van der Waals surface area contributed by atoms with Crippen LogP contribution in [0, 0.1) is 6.92 Å². The molecule has 3 heteroatoms. The average Bonchev–Trinajstić information content (AvgIpc) is 2.28. The number of aryl methyl sites for hydroxylation is 1. The van der Waals surface area contributed by atoms with Crippen LogP contribution in [-0.2, 0) is 0 Å². The van der Waals surface area contributed by atoms with Gasteiger partial charge in [0.25, 0.3) is 5.91 Å². The molecule has 3 nitrogen and oxygen atoms in total. The highest BCUT2D eigenvalue weighted by molar-refractivity contribution is 5.99. The molecule has 1 aliphatic rings. The first kappa shape index (κ1) is 12.9. The van der Waals surface area contributed by atoms with Crippen molar-refractivity contribution in [2.45, 2.75) is 51.5 Å². The van der Waals surface area contributed by atoms with Gasteiger partial charge >= 0.3 is 0 Å². The number of benzene rings is 1. The summed E-state index contributed by atoms with van der Waals surface area (Å²) in [4.78, 5) is 12.3. The van der Waals surface area contributed by atoms with Crippen molar-refractivity contribution in [3.05, 3.63) is 29.3 Å². The third-order valence-electron chi connectivity index (χ3n) is 3.82. The van der Waals surface area contributed by atoms with Gasteiger partial charge in [0, 0.05) is 11.2 Å². The van der Waals surface area contributed by atoms with Crippen molar-refractivity contribution >= 4 is 11.6 Å². The number of rotatable bonds is 2. The van der Waals surface area contributed by atoms with E-state index in [1.165, 1.54) is 19.3 Å². The number of nitrogens with one attached hydrogen (secondary N) is 1. The normalized spacial score (nSPS) is 18.3. The number of carbonyl (C=O) groups excluding carboxylic acids is 1. The molecule has 0 aromatic heterocycles. The molecule has 0 bridgehead atoms. The van der Waals surface area contributed by atoms with E-state index in [2.05, 4.69) is 12.2 Å². The molecule has 0 atom stereocenters. The summed E-state index contributed by atoms with van der Waals surface area (Å²) >= 11 is 0. The predicted octanol–water partition coefficient (Wildman–Crippen LogP) is 3.03. The third-order valence-corrected chi connectivity index (χ3v) is 3.82. The summed E-state index contributed by atoms with van der Waals surface area (Å²) in [6, 6.07) is 5.58. The Kier molecular flexibility index (Phi) is 3.60. The van der Waals surface area contributed by atoms with E-state index in [0.29, 0.717) is 11.3 Å². The second-order valence-electron chi connectivity index (χ2n) is 5.67. The Morgan fingerprint density at radius 2 is 1.94 bits per heavy atom. The van der Waals surface area contributed by atoms with E-state index in [-0.39, 0.29) is 11.4 Å². The minimum atomic E-state index is -0.0628. The molecule has 1 saturated carbocycles. The Morgan fingerprint density at radius 3 is 2.56 bits per heavy atom. The van der Waals surface area contributed by atoms with Gasteiger partial charge in [-0.3, -0.25) is 4.79 Å². The number of amides is 1. The van der Waals surface area contributed by atoms with Gasteiger partial charge in [-0.25, -0.2) is 0 Å². The molecule has 0 radical (unpaired) electrons. The van der Waals surface area contributed by atoms with Gasteiger partial charge in [0.1, 0.15) is 0 Å². The molecular weight excluding hydrogens is 224 g/mol. The van der Waals surface area contributed by atoms with E-state index in [4.69, 9.17) is 5.73 Å². The molecular formula is C15H22N2O. The van der Waals surface area contributed by atoms with E-state index in [0.717, 1.165) is 18.4 Å². The second-order valence-corrected chi connectivity index (χ2v) is 5.67. The van der Waals surface area contributed by atoms with Gasteiger partial charge in [-0.15, -0.1) is 0 Å². The molecule has 0 heterocycles. The maximum atomic E-state index is 12.3. The zero-order valence-electron chi connectivity index (χ0n) is 11.3. The number of anilines is 1. The summed E-state index contributed by atoms with van der Waals surface area (Å²) in [5.74, 6) is -0.0445. The van der Waals surface area contributed by atoms with E-state index in [1.54, 1.807) is 0 Å². The maximum absolute atomic E-state index is 12.3. The van der Waals surface area contributed by atoms with Crippen LogP contribution in [0.3, 0.4) is 0 Å². The monoisotopic (exact) mass is 246 g/mol. The van der Waals surface area contributed by atoms with Gasteiger partial charge in [0.15, 0.2) is 0 Å². The van der Waals surface area contributed by atoms with Crippen LogP contribution in [0.25, 0.3) is 0 Å². The highest BCUT2D eigenvalue weighted by Gasteiger charge is 2.29. The number of nitrogen functional groups attached to an aromatic ring is 1. The van der Waals surface area contributed by atoms with Gasteiger partial charge in [-0.2, -0.15) is 0 Å². The summed E-state index contributed by atoms with van der Waals surface area (Å²) in [6.45, 7) is 4.11. The van der Waals surface area contributed by atoms with Crippen molar-refractivity contribution in [1.82, 2.24) is 5.32 Å². The molecule has 1 aromatic carbocycles. The lowest BCUT2D eigenvalue weighted by atomic mass is 9.83. The number of carbonyl (C=O) groups is 1. The molecule has 2 rings (SSSR count).